The first-order valence-corrected chi connectivity index (χ1v) is 24.2. The monoisotopic (exact) mass is 775 g/mol. The van der Waals surface area contributed by atoms with Gasteiger partial charge in [0, 0.05) is 27.9 Å². The molecule has 38 heavy (non-hydrogen) atoms. The van der Waals surface area contributed by atoms with Gasteiger partial charge in [-0.05, 0) is 46.0 Å². The molecular formula is C30H60O3PtSi4. The summed E-state index contributed by atoms with van der Waals surface area (Å²) in [6.45, 7) is 37.4. The van der Waals surface area contributed by atoms with Crippen molar-refractivity contribution < 1.29 is 34.3 Å². The second-order valence-electron chi connectivity index (χ2n) is 11.4. The third-order valence-corrected chi connectivity index (χ3v) is 21.0. The summed E-state index contributed by atoms with van der Waals surface area (Å²) >= 11 is 0. The summed E-state index contributed by atoms with van der Waals surface area (Å²) in [4.78, 5) is 0. The van der Waals surface area contributed by atoms with Gasteiger partial charge in [0.2, 0.25) is 0 Å². The van der Waals surface area contributed by atoms with Gasteiger partial charge in [-0.2, -0.15) is 5.20 Å². The Balaban J connectivity index is -0.00000144. The average molecular weight is 776 g/mol. The van der Waals surface area contributed by atoms with Gasteiger partial charge in [0.15, 0.2) is 0 Å². The molecule has 0 spiro atoms. The minimum atomic E-state index is -3.17. The topological polar surface area (TPSA) is 27.7 Å². The van der Waals surface area contributed by atoms with Crippen LogP contribution in [0.5, 0.6) is 0 Å². The molecule has 0 amide bonds. The fourth-order valence-electron chi connectivity index (χ4n) is 5.70. The van der Waals surface area contributed by atoms with Gasteiger partial charge in [-0.15, -0.1) is 19.7 Å². The van der Waals surface area contributed by atoms with Gasteiger partial charge in [0.05, 0.1) is 8.07 Å². The van der Waals surface area contributed by atoms with E-state index >= 15 is 0 Å². The summed E-state index contributed by atoms with van der Waals surface area (Å²) in [5, 5.41) is 4.10. The molecule has 0 heterocycles. The summed E-state index contributed by atoms with van der Waals surface area (Å²) in [6.07, 6.45) is 10.5. The van der Waals surface area contributed by atoms with Crippen LogP contribution in [0, 0.1) is 28.4 Å². The van der Waals surface area contributed by atoms with Crippen molar-refractivity contribution >= 4 is 33.0 Å². The zero-order valence-electron chi connectivity index (χ0n) is 27.1. The third kappa shape index (κ3) is 9.07. The van der Waals surface area contributed by atoms with Crippen LogP contribution >= 0.6 is 0 Å². The third-order valence-electron chi connectivity index (χ3n) is 6.98. The summed E-state index contributed by atoms with van der Waals surface area (Å²) in [6, 6.07) is 3.07. The molecule has 0 N–H and O–H groups in total. The maximum Gasteiger partial charge on any atom is 4.00 e. The summed E-state index contributed by atoms with van der Waals surface area (Å²) < 4.78 is 19.8. The van der Waals surface area contributed by atoms with E-state index in [-0.39, 0.29) is 43.3 Å². The minimum absolute atomic E-state index is 0. The maximum absolute atomic E-state index is 6.61. The van der Waals surface area contributed by atoms with Crippen LogP contribution < -0.4 is 0 Å². The molecule has 0 bridgehead atoms. The second-order valence-corrected chi connectivity index (χ2v) is 28.4. The Hall–Kier alpha value is 0.136. The molecule has 1 aliphatic carbocycles. The van der Waals surface area contributed by atoms with Crippen molar-refractivity contribution in [3.63, 3.8) is 0 Å². The normalized spacial score (nSPS) is 17.8. The zero-order valence-corrected chi connectivity index (χ0v) is 33.4. The van der Waals surface area contributed by atoms with Gasteiger partial charge < -0.3 is 35.6 Å². The fraction of sp³-hybridized carbons (Fsp3) is 0.567. The van der Waals surface area contributed by atoms with Crippen LogP contribution in [-0.4, -0.2) is 52.8 Å². The molecule has 8 heteroatoms. The quantitative estimate of drug-likeness (QED) is 0.0889. The zero-order chi connectivity index (χ0) is 26.4. The minimum Gasteiger partial charge on any atom is -0.374 e. The maximum atomic E-state index is 6.61. The van der Waals surface area contributed by atoms with Gasteiger partial charge in [-0.1, -0.05) is 70.5 Å². The first kappa shape index (κ1) is 45.1. The molecule has 3 nitrogen and oxygen atoms in total. The Labute approximate surface area is 258 Å². The molecule has 0 fully saturated rings. The molecule has 0 aliphatic heterocycles. The summed E-state index contributed by atoms with van der Waals surface area (Å²) in [7, 11) is -8.91. The van der Waals surface area contributed by atoms with E-state index in [1.165, 1.54) is 5.20 Å². The molecule has 0 aromatic rings. The Morgan fingerprint density at radius 3 is 1.37 bits per heavy atom. The Kier molecular flexibility index (Phi) is 21.2. The molecule has 224 valence electrons. The van der Waals surface area contributed by atoms with Crippen molar-refractivity contribution in [2.45, 2.75) is 90.1 Å². The van der Waals surface area contributed by atoms with Crippen molar-refractivity contribution in [3.8, 4) is 0 Å². The van der Waals surface area contributed by atoms with Gasteiger partial charge in [-0.3, -0.25) is 6.08 Å². The summed E-state index contributed by atoms with van der Waals surface area (Å²) in [5.74, 6) is 0. The van der Waals surface area contributed by atoms with Gasteiger partial charge in [0.25, 0.3) is 0 Å². The number of rotatable bonds is 16. The van der Waals surface area contributed by atoms with E-state index in [2.05, 4.69) is 90.2 Å². The van der Waals surface area contributed by atoms with Crippen LogP contribution in [0.2, 0.25) is 62.5 Å². The van der Waals surface area contributed by atoms with Gasteiger partial charge >= 0.3 is 29.9 Å². The molecule has 1 rings (SSSR count). The predicted octanol–water partition coefficient (Wildman–Crippen LogP) is 9.48. The van der Waals surface area contributed by atoms with Crippen LogP contribution in [-0.2, 0) is 34.3 Å². The van der Waals surface area contributed by atoms with E-state index < -0.39 is 38.1 Å². The van der Waals surface area contributed by atoms with E-state index in [1.807, 2.05) is 20.8 Å². The molecule has 1 aliphatic rings. The largest absolute Gasteiger partial charge is 4.00 e. The number of hydrogen-bond donors (Lipinski definition) is 0. The van der Waals surface area contributed by atoms with Crippen LogP contribution in [0.4, 0.5) is 0 Å². The molecule has 0 saturated heterocycles. The van der Waals surface area contributed by atoms with Crippen LogP contribution in [0.3, 0.4) is 0 Å². The number of hydrogen-bond acceptors (Lipinski definition) is 3. The van der Waals surface area contributed by atoms with E-state index in [9.17, 15) is 0 Å². The first-order valence-electron chi connectivity index (χ1n) is 12.9. The fourth-order valence-corrected chi connectivity index (χ4v) is 22.6. The Morgan fingerprint density at radius 1 is 0.684 bits per heavy atom. The predicted molar refractivity (Wildman–Crippen MR) is 179 cm³/mol. The Morgan fingerprint density at radius 2 is 1.03 bits per heavy atom. The Bertz CT molecular complexity index is 801. The van der Waals surface area contributed by atoms with Crippen molar-refractivity contribution in [3.05, 3.63) is 81.9 Å². The molecule has 0 saturated carbocycles. The summed E-state index contributed by atoms with van der Waals surface area (Å²) in [5.41, 5.74) is 0. The van der Waals surface area contributed by atoms with E-state index in [0.29, 0.717) is 19.8 Å². The van der Waals surface area contributed by atoms with Gasteiger partial charge in [0.1, 0.15) is 0 Å². The van der Waals surface area contributed by atoms with E-state index in [4.69, 9.17) is 13.3 Å². The van der Waals surface area contributed by atoms with Crippen molar-refractivity contribution in [2.75, 3.05) is 19.8 Å². The first-order chi connectivity index (χ1) is 15.7. The SMILES string of the molecule is C=CC[Si](C)(C)C1=[C-]C(C)([Si](OCC)(OCC)OCC)C([Si](C)(C)CC=C)=C1[Si](C)(C)CC=C.[CH3-].[CH3-].[CH3-].[Pt+4]. The standard InChI is InChI=1S/C27H51O3Si4.3CH3.Pt/c1-14-20-31(8,9)24-23-27(7,34(28-17-4,29-18-5)30-19-6)26(33(12,13)22-16-3)25(24)32(10,11)21-15-2;;;;/h14-16H,1-3,17-22H2,4-13H3;3*1H3;/q4*-1;+4. The molecule has 1 unspecified atom stereocenters. The van der Waals surface area contributed by atoms with Crippen LogP contribution in [0.1, 0.15) is 27.7 Å². The molecule has 0 aromatic carbocycles. The van der Waals surface area contributed by atoms with Crippen LogP contribution in [0.25, 0.3) is 0 Å². The smallest absolute Gasteiger partial charge is 0.374 e. The van der Waals surface area contributed by atoms with Gasteiger partial charge in [-0.25, -0.2) is 10.4 Å². The molecule has 0 radical (unpaired) electrons. The van der Waals surface area contributed by atoms with Crippen molar-refractivity contribution in [1.29, 1.82) is 0 Å². The van der Waals surface area contributed by atoms with Crippen LogP contribution in [0.15, 0.2) is 53.6 Å². The van der Waals surface area contributed by atoms with Crippen molar-refractivity contribution in [1.82, 2.24) is 0 Å². The van der Waals surface area contributed by atoms with E-state index in [1.54, 1.807) is 10.4 Å². The molecule has 0 aromatic heterocycles. The van der Waals surface area contributed by atoms with Crippen molar-refractivity contribution in [2.24, 2.45) is 0 Å². The molecular weight excluding hydrogens is 716 g/mol. The average Bonchev–Trinajstić information content (AvgIpc) is 3.06. The van der Waals surface area contributed by atoms with E-state index in [0.717, 1.165) is 18.1 Å². The number of allylic oxidation sites excluding steroid dienone is 7. The molecule has 1 atom stereocenters. The second kappa shape index (κ2) is 17.8.